The molecule has 0 saturated carbocycles. The van der Waals surface area contributed by atoms with Gasteiger partial charge in [-0.2, -0.15) is 5.10 Å². The highest BCUT2D eigenvalue weighted by atomic mass is 16.2. The van der Waals surface area contributed by atoms with Crippen molar-refractivity contribution < 1.29 is 9.59 Å². The van der Waals surface area contributed by atoms with Crippen LogP contribution in [-0.2, 0) is 17.8 Å². The molecule has 0 unspecified atom stereocenters. The van der Waals surface area contributed by atoms with Gasteiger partial charge < -0.3 is 10.6 Å². The second-order valence-corrected chi connectivity index (χ2v) is 6.06. The first-order valence-corrected chi connectivity index (χ1v) is 8.19. The summed E-state index contributed by atoms with van der Waals surface area (Å²) in [5, 5.41) is 9.89. The zero-order valence-electron chi connectivity index (χ0n) is 14.4. The average molecular weight is 328 g/mol. The van der Waals surface area contributed by atoms with E-state index in [2.05, 4.69) is 15.7 Å². The summed E-state index contributed by atoms with van der Waals surface area (Å²) in [5.41, 5.74) is 1.61. The van der Waals surface area contributed by atoms with Gasteiger partial charge in [0, 0.05) is 19.3 Å². The van der Waals surface area contributed by atoms with Gasteiger partial charge in [-0.15, -0.1) is 0 Å². The van der Waals surface area contributed by atoms with E-state index < -0.39 is 0 Å². The summed E-state index contributed by atoms with van der Waals surface area (Å²) in [6.07, 6.45) is 1.94. The second-order valence-electron chi connectivity index (χ2n) is 6.06. The van der Waals surface area contributed by atoms with Gasteiger partial charge in [0.25, 0.3) is 5.91 Å². The molecule has 0 radical (unpaired) electrons. The van der Waals surface area contributed by atoms with E-state index in [1.54, 1.807) is 10.9 Å². The lowest BCUT2D eigenvalue weighted by atomic mass is 10.1. The average Bonchev–Trinajstić information content (AvgIpc) is 2.96. The number of carbonyl (C=O) groups excluding carboxylic acids is 2. The third-order valence-corrected chi connectivity index (χ3v) is 3.45. The molecule has 1 aromatic carbocycles. The summed E-state index contributed by atoms with van der Waals surface area (Å²) in [5.74, 6) is -0.0981. The number of aryl methyl sites for hydroxylation is 1. The molecular weight excluding hydrogens is 304 g/mol. The lowest BCUT2D eigenvalue weighted by molar-refractivity contribution is -0.115. The van der Waals surface area contributed by atoms with Crippen LogP contribution in [0.2, 0.25) is 0 Å². The summed E-state index contributed by atoms with van der Waals surface area (Å²) in [4.78, 5) is 24.5. The number of aromatic nitrogens is 2. The molecule has 2 amide bonds. The third-order valence-electron chi connectivity index (χ3n) is 3.45. The van der Waals surface area contributed by atoms with Crippen molar-refractivity contribution in [1.82, 2.24) is 15.1 Å². The Bertz CT molecular complexity index is 692. The molecule has 2 rings (SSSR count). The van der Waals surface area contributed by atoms with E-state index in [9.17, 15) is 9.59 Å². The number of benzene rings is 1. The Balaban J connectivity index is 2.09. The van der Waals surface area contributed by atoms with Crippen molar-refractivity contribution in [3.63, 3.8) is 0 Å². The van der Waals surface area contributed by atoms with E-state index in [0.717, 1.165) is 5.56 Å². The Morgan fingerprint density at radius 1 is 1.21 bits per heavy atom. The van der Waals surface area contributed by atoms with Crippen LogP contribution in [0.5, 0.6) is 0 Å². The van der Waals surface area contributed by atoms with Crippen LogP contribution in [0, 0.1) is 5.92 Å². The predicted molar refractivity (Wildman–Crippen MR) is 93.8 cm³/mol. The smallest absolute Gasteiger partial charge is 0.273 e. The molecule has 2 aromatic rings. The second kappa shape index (κ2) is 8.29. The molecule has 0 fully saturated rings. The fourth-order valence-electron chi connectivity index (χ4n) is 2.20. The van der Waals surface area contributed by atoms with Gasteiger partial charge in [-0.25, -0.2) is 0 Å². The summed E-state index contributed by atoms with van der Waals surface area (Å²) in [6, 6.07) is 9.48. The maximum atomic E-state index is 12.3. The van der Waals surface area contributed by atoms with E-state index in [1.165, 1.54) is 0 Å². The van der Waals surface area contributed by atoms with Crippen LogP contribution in [-0.4, -0.2) is 28.1 Å². The van der Waals surface area contributed by atoms with Crippen molar-refractivity contribution in [2.45, 2.75) is 33.7 Å². The summed E-state index contributed by atoms with van der Waals surface area (Å²) >= 11 is 0. The highest BCUT2D eigenvalue weighted by Crippen LogP contribution is 2.15. The van der Waals surface area contributed by atoms with Crippen molar-refractivity contribution in [3.05, 3.63) is 47.8 Å². The van der Waals surface area contributed by atoms with Crippen LogP contribution in [0.4, 0.5) is 5.69 Å². The Morgan fingerprint density at radius 3 is 2.54 bits per heavy atom. The van der Waals surface area contributed by atoms with E-state index in [1.807, 2.05) is 51.1 Å². The fourth-order valence-corrected chi connectivity index (χ4v) is 2.20. The summed E-state index contributed by atoms with van der Waals surface area (Å²) < 4.78 is 1.64. The van der Waals surface area contributed by atoms with Gasteiger partial charge in [0.05, 0.1) is 12.1 Å². The first kappa shape index (κ1) is 17.7. The number of amides is 2. The summed E-state index contributed by atoms with van der Waals surface area (Å²) in [7, 11) is 0. The minimum atomic E-state index is -0.272. The largest absolute Gasteiger partial charge is 0.350 e. The molecular formula is C18H24N4O2. The van der Waals surface area contributed by atoms with Gasteiger partial charge in [0.15, 0.2) is 5.69 Å². The fraction of sp³-hybridized carbons (Fsp3) is 0.389. The van der Waals surface area contributed by atoms with E-state index >= 15 is 0 Å². The number of carbonyl (C=O) groups is 2. The number of nitrogens with one attached hydrogen (secondary N) is 2. The van der Waals surface area contributed by atoms with Gasteiger partial charge in [0.2, 0.25) is 5.91 Å². The Morgan fingerprint density at radius 2 is 1.92 bits per heavy atom. The standard InChI is InChI=1S/C18H24N4O2/c1-4-22-12-15(17(21-22)18(24)19-11-13(2)3)20-16(23)10-14-8-6-5-7-9-14/h5-9,12-13H,4,10-11H2,1-3H3,(H,19,24)(H,20,23). The number of hydrogen-bond acceptors (Lipinski definition) is 3. The predicted octanol–water partition coefficient (Wildman–Crippen LogP) is 2.47. The highest BCUT2D eigenvalue weighted by Gasteiger charge is 2.18. The van der Waals surface area contributed by atoms with Crippen molar-refractivity contribution in [1.29, 1.82) is 0 Å². The normalized spacial score (nSPS) is 10.7. The lowest BCUT2D eigenvalue weighted by Gasteiger charge is -2.08. The number of rotatable bonds is 7. The van der Waals surface area contributed by atoms with Gasteiger partial charge in [0.1, 0.15) is 0 Å². The molecule has 6 heteroatoms. The number of hydrogen-bond donors (Lipinski definition) is 2. The number of nitrogens with zero attached hydrogens (tertiary/aromatic N) is 2. The van der Waals surface area contributed by atoms with Gasteiger partial charge >= 0.3 is 0 Å². The maximum Gasteiger partial charge on any atom is 0.273 e. The van der Waals surface area contributed by atoms with Crippen molar-refractivity contribution in [2.24, 2.45) is 5.92 Å². The molecule has 1 aromatic heterocycles. The van der Waals surface area contributed by atoms with Gasteiger partial charge in [-0.05, 0) is 18.4 Å². The molecule has 24 heavy (non-hydrogen) atoms. The molecule has 0 aliphatic carbocycles. The minimum Gasteiger partial charge on any atom is -0.350 e. The van der Waals surface area contributed by atoms with Crippen LogP contribution in [0.3, 0.4) is 0 Å². The lowest BCUT2D eigenvalue weighted by Crippen LogP contribution is -2.29. The molecule has 0 aliphatic rings. The Hall–Kier alpha value is -2.63. The van der Waals surface area contributed by atoms with E-state index in [-0.39, 0.29) is 23.9 Å². The zero-order chi connectivity index (χ0) is 17.5. The minimum absolute atomic E-state index is 0.172. The summed E-state index contributed by atoms with van der Waals surface area (Å²) in [6.45, 7) is 7.16. The first-order chi connectivity index (χ1) is 11.5. The molecule has 0 saturated heterocycles. The maximum absolute atomic E-state index is 12.3. The van der Waals surface area contributed by atoms with Crippen LogP contribution in [0.15, 0.2) is 36.5 Å². The molecule has 2 N–H and O–H groups in total. The highest BCUT2D eigenvalue weighted by molar-refractivity contribution is 6.02. The Kier molecular flexibility index (Phi) is 6.12. The molecule has 0 bridgehead atoms. The molecule has 0 aliphatic heterocycles. The number of anilines is 1. The SMILES string of the molecule is CCn1cc(NC(=O)Cc2ccccc2)c(C(=O)NCC(C)C)n1. The molecule has 0 spiro atoms. The van der Waals surface area contributed by atoms with E-state index in [4.69, 9.17) is 0 Å². The molecule has 6 nitrogen and oxygen atoms in total. The monoisotopic (exact) mass is 328 g/mol. The van der Waals surface area contributed by atoms with Gasteiger partial charge in [-0.1, -0.05) is 44.2 Å². The molecule has 128 valence electrons. The van der Waals surface area contributed by atoms with Crippen LogP contribution in [0.25, 0.3) is 0 Å². The third kappa shape index (κ3) is 4.94. The van der Waals surface area contributed by atoms with Crippen molar-refractivity contribution in [3.8, 4) is 0 Å². The van der Waals surface area contributed by atoms with Crippen LogP contribution in [0.1, 0.15) is 36.8 Å². The zero-order valence-corrected chi connectivity index (χ0v) is 14.4. The Labute approximate surface area is 142 Å². The van der Waals surface area contributed by atoms with Gasteiger partial charge in [-0.3, -0.25) is 14.3 Å². The topological polar surface area (TPSA) is 76.0 Å². The first-order valence-electron chi connectivity index (χ1n) is 8.19. The van der Waals surface area contributed by atoms with Crippen molar-refractivity contribution >= 4 is 17.5 Å². The van der Waals surface area contributed by atoms with Crippen molar-refractivity contribution in [2.75, 3.05) is 11.9 Å². The quantitative estimate of drug-likeness (QED) is 0.820. The van der Waals surface area contributed by atoms with Crippen LogP contribution < -0.4 is 10.6 Å². The van der Waals surface area contributed by atoms with E-state index in [0.29, 0.717) is 24.7 Å². The molecule has 0 atom stereocenters. The van der Waals surface area contributed by atoms with Crippen LogP contribution >= 0.6 is 0 Å². The molecule has 1 heterocycles.